The summed E-state index contributed by atoms with van der Waals surface area (Å²) in [6.45, 7) is 9.47. The van der Waals surface area contributed by atoms with Gasteiger partial charge in [0, 0.05) is 11.0 Å². The van der Waals surface area contributed by atoms with E-state index in [4.69, 9.17) is 10.3 Å². The fraction of sp³-hybridized carbons (Fsp3) is 0.700. The van der Waals surface area contributed by atoms with Crippen LogP contribution in [-0.2, 0) is 9.53 Å². The smallest absolute Gasteiger partial charge is 0.306 e. The van der Waals surface area contributed by atoms with E-state index in [1.54, 1.807) is 13.8 Å². The van der Waals surface area contributed by atoms with Crippen molar-refractivity contribution in [1.82, 2.24) is 0 Å². The number of ether oxygens (including phenoxy) is 1. The Labute approximate surface area is 89.7 Å². The van der Waals surface area contributed by atoms with Gasteiger partial charge >= 0.3 is 5.97 Å². The molecule has 0 aromatic heterocycles. The molecule has 5 heteroatoms. The molecule has 0 aromatic carbocycles. The Morgan fingerprint density at radius 2 is 2.27 bits per heavy atom. The van der Waals surface area contributed by atoms with Gasteiger partial charge in [0.25, 0.3) is 0 Å². The lowest BCUT2D eigenvalue weighted by Crippen LogP contribution is -2.21. The summed E-state index contributed by atoms with van der Waals surface area (Å²) in [5, 5.41) is 3.57. The third-order valence-corrected chi connectivity index (χ3v) is 2.14. The van der Waals surface area contributed by atoms with Crippen LogP contribution in [0, 0.1) is 5.92 Å². The van der Waals surface area contributed by atoms with E-state index in [1.165, 1.54) is 0 Å². The molecule has 0 saturated heterocycles. The number of rotatable bonds is 6. The standard InChI is InChI=1S/C10H17N3O2/c1-5-15-10(14)6-9(7(2)3)8(4)12-13-11/h8-9H,2,5-6H2,1,3-4H3/t8-,9+/m0/s1. The molecule has 0 aliphatic heterocycles. The molecule has 0 aromatic rings. The van der Waals surface area contributed by atoms with Crippen molar-refractivity contribution in [2.24, 2.45) is 11.0 Å². The monoisotopic (exact) mass is 211 g/mol. The minimum absolute atomic E-state index is 0.153. The van der Waals surface area contributed by atoms with Crippen molar-refractivity contribution < 1.29 is 9.53 Å². The van der Waals surface area contributed by atoms with Crippen molar-refractivity contribution in [3.8, 4) is 0 Å². The van der Waals surface area contributed by atoms with Crippen molar-refractivity contribution >= 4 is 5.97 Å². The van der Waals surface area contributed by atoms with Crippen LogP contribution in [0.25, 0.3) is 10.4 Å². The molecular formula is C10H17N3O2. The molecule has 0 saturated carbocycles. The zero-order valence-corrected chi connectivity index (χ0v) is 9.43. The van der Waals surface area contributed by atoms with Crippen LogP contribution >= 0.6 is 0 Å². The highest BCUT2D eigenvalue weighted by Gasteiger charge is 2.20. The number of hydrogen-bond donors (Lipinski definition) is 0. The van der Waals surface area contributed by atoms with E-state index < -0.39 is 0 Å². The predicted octanol–water partition coefficient (Wildman–Crippen LogP) is 2.83. The molecule has 0 bridgehead atoms. The van der Waals surface area contributed by atoms with Gasteiger partial charge in [-0.05, 0) is 25.3 Å². The quantitative estimate of drug-likeness (QED) is 0.223. The Hall–Kier alpha value is -1.48. The van der Waals surface area contributed by atoms with Gasteiger partial charge in [0.05, 0.1) is 13.0 Å². The van der Waals surface area contributed by atoms with Gasteiger partial charge in [-0.2, -0.15) is 0 Å². The maximum atomic E-state index is 11.3. The second-order valence-electron chi connectivity index (χ2n) is 3.41. The maximum Gasteiger partial charge on any atom is 0.306 e. The molecule has 84 valence electrons. The Morgan fingerprint density at radius 1 is 1.67 bits per heavy atom. The molecule has 0 aliphatic carbocycles. The molecule has 0 N–H and O–H groups in total. The summed E-state index contributed by atoms with van der Waals surface area (Å²) in [4.78, 5) is 14.0. The Balaban J connectivity index is 4.47. The summed E-state index contributed by atoms with van der Waals surface area (Å²) in [6, 6.07) is -0.281. The predicted molar refractivity (Wildman–Crippen MR) is 58.2 cm³/mol. The Morgan fingerprint density at radius 3 is 2.67 bits per heavy atom. The highest BCUT2D eigenvalue weighted by Crippen LogP contribution is 2.20. The molecule has 0 unspecified atom stereocenters. The van der Waals surface area contributed by atoms with E-state index >= 15 is 0 Å². The van der Waals surface area contributed by atoms with E-state index in [0.29, 0.717) is 6.61 Å². The largest absolute Gasteiger partial charge is 0.466 e. The van der Waals surface area contributed by atoms with E-state index in [-0.39, 0.29) is 24.3 Å². The molecule has 0 amide bonds. The Bertz CT molecular complexity index is 282. The zero-order valence-electron chi connectivity index (χ0n) is 9.43. The Kier molecular flexibility index (Phi) is 6.22. The van der Waals surface area contributed by atoms with Crippen LogP contribution in [-0.4, -0.2) is 18.6 Å². The minimum Gasteiger partial charge on any atom is -0.466 e. The lowest BCUT2D eigenvalue weighted by molar-refractivity contribution is -0.144. The molecule has 15 heavy (non-hydrogen) atoms. The normalized spacial score (nSPS) is 13.5. The minimum atomic E-state index is -0.287. The molecule has 0 spiro atoms. The third-order valence-electron chi connectivity index (χ3n) is 2.14. The first kappa shape index (κ1) is 13.5. The number of azide groups is 1. The molecule has 0 fully saturated rings. The van der Waals surface area contributed by atoms with Crippen LogP contribution in [0.15, 0.2) is 17.3 Å². The second kappa shape index (κ2) is 6.90. The number of esters is 1. The first-order chi connectivity index (χ1) is 7.02. The fourth-order valence-corrected chi connectivity index (χ4v) is 1.32. The van der Waals surface area contributed by atoms with Gasteiger partial charge in [0.1, 0.15) is 0 Å². The molecule has 0 heterocycles. The summed E-state index contributed by atoms with van der Waals surface area (Å²) in [6.07, 6.45) is 0.212. The topological polar surface area (TPSA) is 75.1 Å². The summed E-state index contributed by atoms with van der Waals surface area (Å²) >= 11 is 0. The van der Waals surface area contributed by atoms with Crippen LogP contribution in [0.3, 0.4) is 0 Å². The van der Waals surface area contributed by atoms with Gasteiger partial charge in [0.2, 0.25) is 0 Å². The van der Waals surface area contributed by atoms with Crippen molar-refractivity contribution in [1.29, 1.82) is 0 Å². The number of carbonyl (C=O) groups excluding carboxylic acids is 1. The molecular weight excluding hydrogens is 194 g/mol. The van der Waals surface area contributed by atoms with Gasteiger partial charge in [0.15, 0.2) is 0 Å². The third kappa shape index (κ3) is 5.08. The van der Waals surface area contributed by atoms with Crippen molar-refractivity contribution in [2.45, 2.75) is 33.2 Å². The SMILES string of the molecule is C=C(C)[C@@H](CC(=O)OCC)[C@H](C)N=[N+]=[N-]. The highest BCUT2D eigenvalue weighted by molar-refractivity contribution is 5.70. The van der Waals surface area contributed by atoms with Crippen LogP contribution in [0.2, 0.25) is 0 Å². The fourth-order valence-electron chi connectivity index (χ4n) is 1.32. The maximum absolute atomic E-state index is 11.3. The van der Waals surface area contributed by atoms with E-state index in [2.05, 4.69) is 16.6 Å². The first-order valence-electron chi connectivity index (χ1n) is 4.88. The first-order valence-corrected chi connectivity index (χ1v) is 4.88. The average Bonchev–Trinajstić information content (AvgIpc) is 2.14. The second-order valence-corrected chi connectivity index (χ2v) is 3.41. The summed E-state index contributed by atoms with van der Waals surface area (Å²) in [5.74, 6) is -0.439. The lowest BCUT2D eigenvalue weighted by atomic mass is 9.91. The van der Waals surface area contributed by atoms with Crippen molar-refractivity contribution in [3.05, 3.63) is 22.6 Å². The van der Waals surface area contributed by atoms with Gasteiger partial charge < -0.3 is 4.74 Å². The van der Waals surface area contributed by atoms with E-state index in [0.717, 1.165) is 5.57 Å². The molecule has 0 radical (unpaired) electrons. The molecule has 0 aliphatic rings. The van der Waals surface area contributed by atoms with Crippen LogP contribution in [0.5, 0.6) is 0 Å². The van der Waals surface area contributed by atoms with Crippen LogP contribution in [0.4, 0.5) is 0 Å². The number of hydrogen-bond acceptors (Lipinski definition) is 3. The van der Waals surface area contributed by atoms with E-state index in [1.807, 2.05) is 6.92 Å². The van der Waals surface area contributed by atoms with Crippen molar-refractivity contribution in [2.75, 3.05) is 6.61 Å². The summed E-state index contributed by atoms with van der Waals surface area (Å²) < 4.78 is 4.84. The average molecular weight is 211 g/mol. The molecule has 5 nitrogen and oxygen atoms in total. The van der Waals surface area contributed by atoms with Gasteiger partial charge in [-0.15, -0.1) is 0 Å². The van der Waals surface area contributed by atoms with Crippen molar-refractivity contribution in [3.63, 3.8) is 0 Å². The van der Waals surface area contributed by atoms with Gasteiger partial charge in [-0.3, -0.25) is 4.79 Å². The highest BCUT2D eigenvalue weighted by atomic mass is 16.5. The molecule has 0 rings (SSSR count). The van der Waals surface area contributed by atoms with Gasteiger partial charge in [-0.1, -0.05) is 24.2 Å². The number of carbonyl (C=O) groups is 1. The van der Waals surface area contributed by atoms with Crippen LogP contribution < -0.4 is 0 Å². The number of nitrogens with zero attached hydrogens (tertiary/aromatic N) is 3. The van der Waals surface area contributed by atoms with E-state index in [9.17, 15) is 4.79 Å². The lowest BCUT2D eigenvalue weighted by Gasteiger charge is -2.19. The summed E-state index contributed by atoms with van der Waals surface area (Å²) in [7, 11) is 0. The zero-order chi connectivity index (χ0) is 11.8. The van der Waals surface area contributed by atoms with Gasteiger partial charge in [-0.25, -0.2) is 0 Å². The van der Waals surface area contributed by atoms with Crippen LogP contribution in [0.1, 0.15) is 27.2 Å². The summed E-state index contributed by atoms with van der Waals surface area (Å²) in [5.41, 5.74) is 9.14. The molecule has 2 atom stereocenters.